The Labute approximate surface area is 126 Å². The molecule has 1 saturated heterocycles. The molecule has 21 heavy (non-hydrogen) atoms. The lowest BCUT2D eigenvalue weighted by Gasteiger charge is -2.28. The summed E-state index contributed by atoms with van der Waals surface area (Å²) in [6.07, 6.45) is 1.79. The summed E-state index contributed by atoms with van der Waals surface area (Å²) in [5, 5.41) is 6.25. The van der Waals surface area contributed by atoms with Gasteiger partial charge in [0.2, 0.25) is 5.95 Å². The van der Waals surface area contributed by atoms with E-state index in [0.717, 1.165) is 32.0 Å². The minimum absolute atomic E-state index is 0.318. The van der Waals surface area contributed by atoms with Gasteiger partial charge in [0.1, 0.15) is 11.4 Å². The van der Waals surface area contributed by atoms with Crippen molar-refractivity contribution in [1.82, 2.24) is 15.3 Å². The third-order valence-electron chi connectivity index (χ3n) is 2.71. The van der Waals surface area contributed by atoms with Crippen molar-refractivity contribution in [2.45, 2.75) is 26.4 Å². The Balaban J connectivity index is 0.000000270. The number of anilines is 2. The van der Waals surface area contributed by atoms with Crippen LogP contribution in [0.3, 0.4) is 0 Å². The second-order valence-electron chi connectivity index (χ2n) is 5.55. The zero-order valence-corrected chi connectivity index (χ0v) is 13.2. The number of nitrogens with one attached hydrogen (secondary N) is 2. The number of hydrogen-bond donors (Lipinski definition) is 2. The summed E-state index contributed by atoms with van der Waals surface area (Å²) in [4.78, 5) is 20.3. The van der Waals surface area contributed by atoms with Crippen molar-refractivity contribution in [2.75, 3.05) is 43.4 Å². The number of aromatic nitrogens is 2. The molecule has 1 aromatic heterocycles. The molecule has 1 aromatic rings. The van der Waals surface area contributed by atoms with Crippen LogP contribution >= 0.6 is 0 Å². The van der Waals surface area contributed by atoms with E-state index in [4.69, 9.17) is 0 Å². The molecule has 1 fully saturated rings. The Kier molecular flexibility index (Phi) is 6.87. The summed E-state index contributed by atoms with van der Waals surface area (Å²) in [5.41, 5.74) is -0.318. The molecule has 2 N–H and O–H groups in total. The highest BCUT2D eigenvalue weighted by molar-refractivity contribution is 5.42. The number of carbonyl (C=O) groups excluding carboxylic acids is 1. The van der Waals surface area contributed by atoms with E-state index in [9.17, 15) is 4.79 Å². The first-order chi connectivity index (χ1) is 9.96. The summed E-state index contributed by atoms with van der Waals surface area (Å²) in [6, 6.07) is 1.95. The fourth-order valence-corrected chi connectivity index (χ4v) is 1.68. The van der Waals surface area contributed by atoms with Gasteiger partial charge in [0.15, 0.2) is 0 Å². The molecule has 118 valence electrons. The topological polar surface area (TPSA) is 79.4 Å². The lowest BCUT2D eigenvalue weighted by atomic mass is 10.2. The van der Waals surface area contributed by atoms with E-state index < -0.39 is 0 Å². The first-order valence-electron chi connectivity index (χ1n) is 7.04. The van der Waals surface area contributed by atoms with Gasteiger partial charge < -0.3 is 20.3 Å². The predicted octanol–water partition coefficient (Wildman–Crippen LogP) is 0.886. The Morgan fingerprint density at radius 1 is 1.38 bits per heavy atom. The van der Waals surface area contributed by atoms with Crippen LogP contribution in [0.2, 0.25) is 0 Å². The molecule has 0 amide bonds. The lowest BCUT2D eigenvalue weighted by Crippen LogP contribution is -2.43. The van der Waals surface area contributed by atoms with Gasteiger partial charge in [0.05, 0.1) is 0 Å². The first kappa shape index (κ1) is 17.2. The number of hydrogen-bond acceptors (Lipinski definition) is 7. The number of piperazine rings is 1. The molecule has 0 aliphatic carbocycles. The van der Waals surface area contributed by atoms with Crippen LogP contribution in [-0.4, -0.2) is 55.3 Å². The maximum absolute atomic E-state index is 9.60. The van der Waals surface area contributed by atoms with Crippen LogP contribution in [-0.2, 0) is 9.53 Å². The van der Waals surface area contributed by atoms with Crippen LogP contribution in [0.5, 0.6) is 0 Å². The van der Waals surface area contributed by atoms with Crippen LogP contribution in [0.15, 0.2) is 12.3 Å². The summed E-state index contributed by atoms with van der Waals surface area (Å²) in [7, 11) is 1.83. The monoisotopic (exact) mass is 295 g/mol. The normalized spacial score (nSPS) is 14.8. The van der Waals surface area contributed by atoms with Gasteiger partial charge in [-0.25, -0.2) is 4.98 Å². The van der Waals surface area contributed by atoms with E-state index in [-0.39, 0.29) is 5.60 Å². The van der Waals surface area contributed by atoms with Crippen LogP contribution in [0.4, 0.5) is 11.8 Å². The van der Waals surface area contributed by atoms with Gasteiger partial charge in [0, 0.05) is 39.4 Å². The van der Waals surface area contributed by atoms with Crippen molar-refractivity contribution >= 4 is 18.2 Å². The molecule has 0 unspecified atom stereocenters. The largest absolute Gasteiger partial charge is 0.462 e. The third-order valence-corrected chi connectivity index (χ3v) is 2.71. The molecule has 7 heteroatoms. The smallest absolute Gasteiger partial charge is 0.293 e. The summed E-state index contributed by atoms with van der Waals surface area (Å²) in [5.74, 6) is 1.69. The highest BCUT2D eigenvalue weighted by Gasteiger charge is 2.11. The van der Waals surface area contributed by atoms with E-state index in [2.05, 4.69) is 30.2 Å². The van der Waals surface area contributed by atoms with Crippen molar-refractivity contribution in [3.8, 4) is 0 Å². The fourth-order valence-electron chi connectivity index (χ4n) is 1.68. The van der Waals surface area contributed by atoms with Crippen LogP contribution in [0.1, 0.15) is 20.8 Å². The number of ether oxygens (including phenoxy) is 1. The molecule has 0 spiro atoms. The second-order valence-corrected chi connectivity index (χ2v) is 5.55. The number of carbonyl (C=O) groups is 1. The molecule has 2 rings (SSSR count). The van der Waals surface area contributed by atoms with Crippen molar-refractivity contribution in [3.63, 3.8) is 0 Å². The molecule has 2 heterocycles. The van der Waals surface area contributed by atoms with Crippen LogP contribution < -0.4 is 15.5 Å². The summed E-state index contributed by atoms with van der Waals surface area (Å²) in [6.45, 7) is 10.0. The second kappa shape index (κ2) is 8.41. The van der Waals surface area contributed by atoms with E-state index in [1.54, 1.807) is 6.20 Å². The standard InChI is InChI=1S/C9H15N5.C5H10O2/c1-10-9-12-3-2-8(13-9)14-6-4-11-5-7-14;1-5(2,3)7-4-6/h2-3,11H,4-7H2,1H3,(H,10,12,13);4H,1-3H3. The van der Waals surface area contributed by atoms with E-state index in [1.165, 1.54) is 0 Å². The van der Waals surface area contributed by atoms with Gasteiger partial charge in [-0.15, -0.1) is 0 Å². The summed E-state index contributed by atoms with van der Waals surface area (Å²) < 4.78 is 4.55. The number of rotatable bonds is 3. The molecule has 7 nitrogen and oxygen atoms in total. The maximum Gasteiger partial charge on any atom is 0.293 e. The third kappa shape index (κ3) is 6.89. The predicted molar refractivity (Wildman–Crippen MR) is 83.6 cm³/mol. The van der Waals surface area contributed by atoms with Gasteiger partial charge in [-0.05, 0) is 26.8 Å². The van der Waals surface area contributed by atoms with Crippen molar-refractivity contribution in [1.29, 1.82) is 0 Å². The fraction of sp³-hybridized carbons (Fsp3) is 0.643. The van der Waals surface area contributed by atoms with Gasteiger partial charge >= 0.3 is 0 Å². The SMILES string of the molecule is CC(C)(C)OC=O.CNc1nccc(N2CCNCC2)n1. The quantitative estimate of drug-likeness (QED) is 0.801. The highest BCUT2D eigenvalue weighted by Crippen LogP contribution is 2.11. The molecule has 0 radical (unpaired) electrons. The Morgan fingerprint density at radius 3 is 2.52 bits per heavy atom. The van der Waals surface area contributed by atoms with Gasteiger partial charge in [-0.1, -0.05) is 0 Å². The van der Waals surface area contributed by atoms with Gasteiger partial charge in [-0.3, -0.25) is 4.79 Å². The molecule has 0 atom stereocenters. The van der Waals surface area contributed by atoms with Gasteiger partial charge in [-0.2, -0.15) is 4.98 Å². The van der Waals surface area contributed by atoms with E-state index in [0.29, 0.717) is 12.4 Å². The Morgan fingerprint density at radius 2 is 2.05 bits per heavy atom. The van der Waals surface area contributed by atoms with Crippen molar-refractivity contribution < 1.29 is 9.53 Å². The lowest BCUT2D eigenvalue weighted by molar-refractivity contribution is -0.138. The molecular weight excluding hydrogens is 270 g/mol. The molecule has 0 aromatic carbocycles. The Hall–Kier alpha value is -1.89. The minimum atomic E-state index is -0.318. The van der Waals surface area contributed by atoms with Crippen molar-refractivity contribution in [2.24, 2.45) is 0 Å². The number of nitrogens with zero attached hydrogens (tertiary/aromatic N) is 3. The van der Waals surface area contributed by atoms with E-state index in [1.807, 2.05) is 33.9 Å². The zero-order chi connectivity index (χ0) is 15.7. The molecule has 0 bridgehead atoms. The molecule has 1 aliphatic heterocycles. The first-order valence-corrected chi connectivity index (χ1v) is 7.04. The highest BCUT2D eigenvalue weighted by atomic mass is 16.5. The summed E-state index contributed by atoms with van der Waals surface area (Å²) >= 11 is 0. The average molecular weight is 295 g/mol. The molecule has 1 aliphatic rings. The van der Waals surface area contributed by atoms with Crippen LogP contribution in [0, 0.1) is 0 Å². The average Bonchev–Trinajstić information content (AvgIpc) is 2.48. The Bertz CT molecular complexity index is 428. The maximum atomic E-state index is 9.60. The zero-order valence-electron chi connectivity index (χ0n) is 13.2. The van der Waals surface area contributed by atoms with E-state index >= 15 is 0 Å². The molecule has 0 saturated carbocycles. The van der Waals surface area contributed by atoms with Crippen LogP contribution in [0.25, 0.3) is 0 Å². The van der Waals surface area contributed by atoms with Gasteiger partial charge in [0.25, 0.3) is 6.47 Å². The molecular formula is C14H25N5O2. The van der Waals surface area contributed by atoms with Crippen molar-refractivity contribution in [3.05, 3.63) is 12.3 Å². The minimum Gasteiger partial charge on any atom is -0.462 e.